The molecule has 0 aliphatic carbocycles. The zero-order valence-electron chi connectivity index (χ0n) is 8.98. The minimum atomic E-state index is -1.21. The second-order valence-electron chi connectivity index (χ2n) is 3.67. The lowest BCUT2D eigenvalue weighted by molar-refractivity contribution is 0.511. The van der Waals surface area contributed by atoms with Gasteiger partial charge in [0.25, 0.3) is 0 Å². The molecule has 0 heterocycles. The van der Waals surface area contributed by atoms with Gasteiger partial charge in [-0.3, -0.25) is 0 Å². The van der Waals surface area contributed by atoms with Crippen molar-refractivity contribution in [3.05, 3.63) is 45.3 Å². The van der Waals surface area contributed by atoms with Gasteiger partial charge in [-0.15, -0.1) is 0 Å². The molecule has 0 amide bonds. The third-order valence-corrected chi connectivity index (χ3v) is 3.16. The Bertz CT molecular complexity index is 603. The van der Waals surface area contributed by atoms with Gasteiger partial charge in [0.2, 0.25) is 0 Å². The van der Waals surface area contributed by atoms with Crippen LogP contribution in [0.25, 0.3) is 11.1 Å². The van der Waals surface area contributed by atoms with Gasteiger partial charge in [-0.1, -0.05) is 6.07 Å². The van der Waals surface area contributed by atoms with Gasteiger partial charge in [-0.25, -0.2) is 13.2 Å². The molecule has 2 nitrogen and oxygen atoms in total. The van der Waals surface area contributed by atoms with E-state index >= 15 is 0 Å². The number of nitrogen functional groups attached to an aromatic ring is 2. The number of hydrogen-bond donors (Lipinski definition) is 2. The SMILES string of the molecule is Nc1cc(F)c(F)c(-c2ccc(I)cc2F)c1N. The van der Waals surface area contributed by atoms with Gasteiger partial charge in [0.05, 0.1) is 11.4 Å². The number of halogens is 4. The average molecular weight is 364 g/mol. The highest BCUT2D eigenvalue weighted by molar-refractivity contribution is 14.1. The first-order chi connectivity index (χ1) is 8.41. The predicted octanol–water partition coefficient (Wildman–Crippen LogP) is 3.54. The molecule has 0 bridgehead atoms. The molecular weight excluding hydrogens is 356 g/mol. The van der Waals surface area contributed by atoms with E-state index in [-0.39, 0.29) is 22.5 Å². The maximum atomic E-state index is 13.8. The third-order valence-electron chi connectivity index (χ3n) is 2.49. The molecule has 0 saturated carbocycles. The van der Waals surface area contributed by atoms with Crippen LogP contribution in [0.5, 0.6) is 0 Å². The average Bonchev–Trinajstić information content (AvgIpc) is 2.29. The molecule has 2 aromatic carbocycles. The molecule has 2 rings (SSSR count). The highest BCUT2D eigenvalue weighted by Gasteiger charge is 2.19. The predicted molar refractivity (Wildman–Crippen MR) is 73.3 cm³/mol. The van der Waals surface area contributed by atoms with Gasteiger partial charge < -0.3 is 11.5 Å². The maximum Gasteiger partial charge on any atom is 0.168 e. The molecule has 6 heteroatoms. The Labute approximate surface area is 115 Å². The second-order valence-corrected chi connectivity index (χ2v) is 4.92. The Balaban J connectivity index is 2.78. The number of rotatable bonds is 1. The van der Waals surface area contributed by atoms with Crippen LogP contribution in [0.4, 0.5) is 24.5 Å². The summed E-state index contributed by atoms with van der Waals surface area (Å²) in [7, 11) is 0. The number of anilines is 2. The van der Waals surface area contributed by atoms with E-state index in [1.807, 2.05) is 22.6 Å². The summed E-state index contributed by atoms with van der Waals surface area (Å²) in [5.74, 6) is -3.05. The summed E-state index contributed by atoms with van der Waals surface area (Å²) in [6, 6.07) is 4.89. The summed E-state index contributed by atoms with van der Waals surface area (Å²) < 4.78 is 41.4. The molecule has 0 aromatic heterocycles. The fourth-order valence-corrected chi connectivity index (χ4v) is 2.07. The lowest BCUT2D eigenvalue weighted by atomic mass is 10.0. The molecule has 0 atom stereocenters. The Kier molecular flexibility index (Phi) is 3.38. The maximum absolute atomic E-state index is 13.8. The van der Waals surface area contributed by atoms with Gasteiger partial charge >= 0.3 is 0 Å². The first-order valence-corrected chi connectivity index (χ1v) is 5.98. The zero-order chi connectivity index (χ0) is 13.4. The minimum absolute atomic E-state index is 0.114. The molecule has 18 heavy (non-hydrogen) atoms. The first kappa shape index (κ1) is 13.0. The van der Waals surface area contributed by atoms with Crippen molar-refractivity contribution < 1.29 is 13.2 Å². The molecule has 0 spiro atoms. The van der Waals surface area contributed by atoms with Crippen LogP contribution in [-0.2, 0) is 0 Å². The molecule has 0 aliphatic rings. The summed E-state index contributed by atoms with van der Waals surface area (Å²) in [6.07, 6.45) is 0. The van der Waals surface area contributed by atoms with Crippen LogP contribution in [0, 0.1) is 21.0 Å². The smallest absolute Gasteiger partial charge is 0.168 e. The molecule has 0 fully saturated rings. The fraction of sp³-hybridized carbons (Fsp3) is 0. The summed E-state index contributed by atoms with van der Waals surface area (Å²) >= 11 is 1.91. The molecule has 94 valence electrons. The van der Waals surface area contributed by atoms with Crippen molar-refractivity contribution in [3.63, 3.8) is 0 Å². The Morgan fingerprint density at radius 3 is 2.22 bits per heavy atom. The van der Waals surface area contributed by atoms with Crippen molar-refractivity contribution in [2.24, 2.45) is 0 Å². The number of hydrogen-bond acceptors (Lipinski definition) is 2. The van der Waals surface area contributed by atoms with E-state index in [1.54, 1.807) is 6.07 Å². The standard InChI is InChI=1S/C12H8F3IN2/c13-7-3-5(16)1-2-6(7)10-11(15)8(14)4-9(17)12(10)18/h1-4H,17-18H2. The zero-order valence-corrected chi connectivity index (χ0v) is 11.1. The van der Waals surface area contributed by atoms with Gasteiger partial charge in [0, 0.05) is 20.8 Å². The van der Waals surface area contributed by atoms with Crippen LogP contribution < -0.4 is 11.5 Å². The first-order valence-electron chi connectivity index (χ1n) is 4.90. The summed E-state index contributed by atoms with van der Waals surface area (Å²) in [5, 5.41) is 0. The summed E-state index contributed by atoms with van der Waals surface area (Å²) in [5.41, 5.74) is 10.3. The molecular formula is C12H8F3IN2. The van der Waals surface area contributed by atoms with Crippen LogP contribution >= 0.6 is 22.6 Å². The van der Waals surface area contributed by atoms with Crippen molar-refractivity contribution >= 4 is 34.0 Å². The Hall–Kier alpha value is -1.44. The Morgan fingerprint density at radius 2 is 1.61 bits per heavy atom. The number of nitrogens with two attached hydrogens (primary N) is 2. The molecule has 0 unspecified atom stereocenters. The van der Waals surface area contributed by atoms with Crippen LogP contribution in [-0.4, -0.2) is 0 Å². The highest BCUT2D eigenvalue weighted by Crippen LogP contribution is 2.36. The van der Waals surface area contributed by atoms with Gasteiger partial charge in [-0.05, 0) is 34.7 Å². The molecule has 2 aromatic rings. The van der Waals surface area contributed by atoms with E-state index in [0.717, 1.165) is 6.07 Å². The third kappa shape index (κ3) is 2.12. The van der Waals surface area contributed by atoms with Gasteiger partial charge in [-0.2, -0.15) is 0 Å². The van der Waals surface area contributed by atoms with Crippen molar-refractivity contribution in [3.8, 4) is 11.1 Å². The van der Waals surface area contributed by atoms with E-state index in [4.69, 9.17) is 11.5 Å². The molecule has 0 saturated heterocycles. The number of benzene rings is 2. The van der Waals surface area contributed by atoms with E-state index < -0.39 is 17.5 Å². The largest absolute Gasteiger partial charge is 0.397 e. The van der Waals surface area contributed by atoms with Gasteiger partial charge in [0.1, 0.15) is 5.82 Å². The van der Waals surface area contributed by atoms with Crippen molar-refractivity contribution in [2.45, 2.75) is 0 Å². The summed E-state index contributed by atoms with van der Waals surface area (Å²) in [6.45, 7) is 0. The van der Waals surface area contributed by atoms with E-state index in [1.165, 1.54) is 12.1 Å². The van der Waals surface area contributed by atoms with Crippen LogP contribution in [0.2, 0.25) is 0 Å². The Morgan fingerprint density at radius 1 is 0.944 bits per heavy atom. The monoisotopic (exact) mass is 364 g/mol. The van der Waals surface area contributed by atoms with Crippen molar-refractivity contribution in [1.29, 1.82) is 0 Å². The van der Waals surface area contributed by atoms with E-state index in [9.17, 15) is 13.2 Å². The minimum Gasteiger partial charge on any atom is -0.397 e. The quantitative estimate of drug-likeness (QED) is 0.601. The lowest BCUT2D eigenvalue weighted by Crippen LogP contribution is -2.03. The van der Waals surface area contributed by atoms with Crippen LogP contribution in [0.15, 0.2) is 24.3 Å². The van der Waals surface area contributed by atoms with Gasteiger partial charge in [0.15, 0.2) is 11.6 Å². The molecule has 0 radical (unpaired) electrons. The fourth-order valence-electron chi connectivity index (χ4n) is 1.62. The van der Waals surface area contributed by atoms with Crippen molar-refractivity contribution in [1.82, 2.24) is 0 Å². The highest BCUT2D eigenvalue weighted by atomic mass is 127. The molecule has 4 N–H and O–H groups in total. The second kappa shape index (κ2) is 4.68. The lowest BCUT2D eigenvalue weighted by Gasteiger charge is -2.11. The van der Waals surface area contributed by atoms with Crippen LogP contribution in [0.1, 0.15) is 0 Å². The topological polar surface area (TPSA) is 52.0 Å². The summed E-state index contributed by atoms with van der Waals surface area (Å²) in [4.78, 5) is 0. The normalized spacial score (nSPS) is 10.7. The van der Waals surface area contributed by atoms with E-state index in [0.29, 0.717) is 3.57 Å². The van der Waals surface area contributed by atoms with Crippen LogP contribution in [0.3, 0.4) is 0 Å². The van der Waals surface area contributed by atoms with E-state index in [2.05, 4.69) is 0 Å². The molecule has 0 aliphatic heterocycles. The van der Waals surface area contributed by atoms with Crippen molar-refractivity contribution in [2.75, 3.05) is 11.5 Å².